The number of hydrogen-bond acceptors (Lipinski definition) is 1. The van der Waals surface area contributed by atoms with Gasteiger partial charge < -0.3 is 4.90 Å². The van der Waals surface area contributed by atoms with Gasteiger partial charge in [-0.25, -0.2) is 0 Å². The molecule has 0 aliphatic carbocycles. The van der Waals surface area contributed by atoms with E-state index in [-0.39, 0.29) is 17.3 Å². The van der Waals surface area contributed by atoms with Gasteiger partial charge in [0.25, 0.3) is 5.91 Å². The first-order chi connectivity index (χ1) is 8.99. The number of alkyl halides is 1. The number of amides is 1. The van der Waals surface area contributed by atoms with E-state index in [1.165, 1.54) is 0 Å². The molecule has 1 aliphatic heterocycles. The summed E-state index contributed by atoms with van der Waals surface area (Å²) in [5.74, 6) is 0.0587. The Morgan fingerprint density at radius 3 is 2.95 bits per heavy atom. The zero-order chi connectivity index (χ0) is 14.0. The Labute approximate surface area is 132 Å². The van der Waals surface area contributed by atoms with Crippen molar-refractivity contribution in [2.75, 3.05) is 6.54 Å². The van der Waals surface area contributed by atoms with Crippen molar-refractivity contribution in [1.29, 1.82) is 0 Å². The third kappa shape index (κ3) is 3.65. The second-order valence-electron chi connectivity index (χ2n) is 4.94. The van der Waals surface area contributed by atoms with Gasteiger partial charge in [0.1, 0.15) is 0 Å². The summed E-state index contributed by atoms with van der Waals surface area (Å²) < 4.78 is 0.745. The Morgan fingerprint density at radius 1 is 1.58 bits per heavy atom. The maximum absolute atomic E-state index is 12.6. The zero-order valence-electron chi connectivity index (χ0n) is 10.7. The lowest BCUT2D eigenvalue weighted by molar-refractivity contribution is 0.0730. The van der Waals surface area contributed by atoms with E-state index in [9.17, 15) is 4.79 Å². The van der Waals surface area contributed by atoms with Gasteiger partial charge in [0.05, 0.1) is 5.56 Å². The molecule has 2 nitrogen and oxygen atoms in total. The van der Waals surface area contributed by atoms with E-state index in [0.717, 1.165) is 30.3 Å². The molecule has 0 spiro atoms. The van der Waals surface area contributed by atoms with Crippen LogP contribution in [0.15, 0.2) is 22.7 Å². The highest BCUT2D eigenvalue weighted by Gasteiger charge is 2.30. The topological polar surface area (TPSA) is 20.3 Å². The van der Waals surface area contributed by atoms with Gasteiger partial charge in [-0.05, 0) is 60.3 Å². The molecule has 19 heavy (non-hydrogen) atoms. The molecule has 2 unspecified atom stereocenters. The number of carbonyl (C=O) groups excluding carboxylic acids is 1. The third-order valence-electron chi connectivity index (χ3n) is 3.40. The molecule has 1 aromatic rings. The molecule has 104 valence electrons. The van der Waals surface area contributed by atoms with Crippen LogP contribution in [0.4, 0.5) is 0 Å². The summed E-state index contributed by atoms with van der Waals surface area (Å²) >= 11 is 15.4. The number of rotatable bonds is 3. The smallest absolute Gasteiger partial charge is 0.255 e. The quantitative estimate of drug-likeness (QED) is 0.710. The molecule has 5 heteroatoms. The van der Waals surface area contributed by atoms with Crippen molar-refractivity contribution < 1.29 is 4.79 Å². The maximum Gasteiger partial charge on any atom is 0.255 e. The molecule has 0 bridgehead atoms. The Balaban J connectivity index is 2.18. The fraction of sp³-hybridized carbons (Fsp3) is 0.500. The van der Waals surface area contributed by atoms with Gasteiger partial charge in [-0.2, -0.15) is 0 Å². The summed E-state index contributed by atoms with van der Waals surface area (Å²) in [5.41, 5.74) is 0.665. The monoisotopic (exact) mass is 363 g/mol. The first-order valence-corrected chi connectivity index (χ1v) is 8.00. The lowest BCUT2D eigenvalue weighted by Crippen LogP contribution is -2.36. The lowest BCUT2D eigenvalue weighted by atomic mass is 10.1. The van der Waals surface area contributed by atoms with Gasteiger partial charge in [-0.15, -0.1) is 11.6 Å². The van der Waals surface area contributed by atoms with Crippen LogP contribution < -0.4 is 0 Å². The van der Waals surface area contributed by atoms with Gasteiger partial charge in [0.2, 0.25) is 0 Å². The van der Waals surface area contributed by atoms with E-state index < -0.39 is 0 Å². The van der Waals surface area contributed by atoms with Crippen LogP contribution in [0.1, 0.15) is 36.5 Å². The minimum Gasteiger partial charge on any atom is -0.336 e. The van der Waals surface area contributed by atoms with E-state index in [0.29, 0.717) is 10.6 Å². The molecular formula is C14H16BrCl2NO. The first-order valence-electron chi connectivity index (χ1n) is 6.39. The van der Waals surface area contributed by atoms with Crippen LogP contribution in [0.25, 0.3) is 0 Å². The van der Waals surface area contributed by atoms with E-state index in [1.54, 1.807) is 18.2 Å². The number of carbonyl (C=O) groups is 1. The fourth-order valence-electron chi connectivity index (χ4n) is 2.54. The number of nitrogens with zero attached hydrogens (tertiary/aromatic N) is 1. The highest BCUT2D eigenvalue weighted by Crippen LogP contribution is 2.28. The van der Waals surface area contributed by atoms with Gasteiger partial charge in [-0.3, -0.25) is 4.79 Å². The summed E-state index contributed by atoms with van der Waals surface area (Å²) in [5, 5.41) is 0.711. The molecule has 1 saturated heterocycles. The molecule has 0 N–H and O–H groups in total. The largest absolute Gasteiger partial charge is 0.336 e. The van der Waals surface area contributed by atoms with Crippen LogP contribution in [-0.2, 0) is 0 Å². The van der Waals surface area contributed by atoms with Crippen LogP contribution in [-0.4, -0.2) is 28.8 Å². The standard InChI is InChI=1S/C14H16BrCl2NO/c1-9(16)7-11-3-2-6-18(11)14(19)12-5-4-10(17)8-13(12)15/h4-5,8-9,11H,2-3,6-7H2,1H3. The molecule has 2 rings (SSSR count). The van der Waals surface area contributed by atoms with Crippen LogP contribution >= 0.6 is 39.1 Å². The molecule has 1 aromatic carbocycles. The number of halogens is 3. The highest BCUT2D eigenvalue weighted by molar-refractivity contribution is 9.10. The number of benzene rings is 1. The van der Waals surface area contributed by atoms with Crippen LogP contribution in [0.5, 0.6) is 0 Å². The molecule has 0 radical (unpaired) electrons. The summed E-state index contributed by atoms with van der Waals surface area (Å²) in [4.78, 5) is 14.5. The highest BCUT2D eigenvalue weighted by atomic mass is 79.9. The molecule has 1 aliphatic rings. The van der Waals surface area contributed by atoms with E-state index in [1.807, 2.05) is 11.8 Å². The van der Waals surface area contributed by atoms with Gasteiger partial charge >= 0.3 is 0 Å². The molecule has 1 heterocycles. The Morgan fingerprint density at radius 2 is 2.32 bits per heavy atom. The van der Waals surface area contributed by atoms with Gasteiger partial charge in [-0.1, -0.05) is 11.6 Å². The summed E-state index contributed by atoms with van der Waals surface area (Å²) in [7, 11) is 0. The molecule has 2 atom stereocenters. The number of hydrogen-bond donors (Lipinski definition) is 0. The van der Waals surface area contributed by atoms with E-state index in [2.05, 4.69) is 15.9 Å². The minimum atomic E-state index is 0.0587. The fourth-order valence-corrected chi connectivity index (χ4v) is 3.60. The average molecular weight is 365 g/mol. The van der Waals surface area contributed by atoms with Crippen molar-refractivity contribution in [3.8, 4) is 0 Å². The molecule has 0 aromatic heterocycles. The van der Waals surface area contributed by atoms with Gasteiger partial charge in [0.15, 0.2) is 0 Å². The summed E-state index contributed by atoms with van der Waals surface area (Å²) in [6, 6.07) is 5.52. The molecule has 1 fully saturated rings. The Kier molecular flexibility index (Phi) is 5.15. The Bertz CT molecular complexity index is 479. The normalized spacial score (nSPS) is 20.6. The van der Waals surface area contributed by atoms with E-state index >= 15 is 0 Å². The average Bonchev–Trinajstić information content (AvgIpc) is 2.75. The third-order valence-corrected chi connectivity index (χ3v) is 4.47. The van der Waals surface area contributed by atoms with Crippen LogP contribution in [0.3, 0.4) is 0 Å². The predicted molar refractivity (Wildman–Crippen MR) is 83.1 cm³/mol. The van der Waals surface area contributed by atoms with Crippen LogP contribution in [0, 0.1) is 0 Å². The van der Waals surface area contributed by atoms with Crippen molar-refractivity contribution in [1.82, 2.24) is 4.90 Å². The van der Waals surface area contributed by atoms with Crippen molar-refractivity contribution >= 4 is 45.0 Å². The minimum absolute atomic E-state index is 0.0587. The second kappa shape index (κ2) is 6.47. The predicted octanol–water partition coefficient (Wildman–Crippen LogP) is 4.72. The maximum atomic E-state index is 12.6. The second-order valence-corrected chi connectivity index (χ2v) is 6.97. The number of likely N-dealkylation sites (tertiary alicyclic amines) is 1. The SMILES string of the molecule is CC(Cl)CC1CCCN1C(=O)c1ccc(Cl)cc1Br. The van der Waals surface area contributed by atoms with Crippen molar-refractivity contribution in [2.45, 2.75) is 37.6 Å². The van der Waals surface area contributed by atoms with Crippen molar-refractivity contribution in [3.63, 3.8) is 0 Å². The summed E-state index contributed by atoms with van der Waals surface area (Å²) in [6.45, 7) is 2.78. The molecule has 0 saturated carbocycles. The molecule has 1 amide bonds. The van der Waals surface area contributed by atoms with Crippen LogP contribution in [0.2, 0.25) is 5.02 Å². The molecular weight excluding hydrogens is 349 g/mol. The van der Waals surface area contributed by atoms with Crippen molar-refractivity contribution in [2.24, 2.45) is 0 Å². The summed E-state index contributed by atoms with van der Waals surface area (Å²) in [6.07, 6.45) is 2.93. The Hall–Kier alpha value is -0.250. The van der Waals surface area contributed by atoms with E-state index in [4.69, 9.17) is 23.2 Å². The van der Waals surface area contributed by atoms with Gasteiger partial charge in [0, 0.05) is 27.5 Å². The lowest BCUT2D eigenvalue weighted by Gasteiger charge is -2.26. The first kappa shape index (κ1) is 15.1. The zero-order valence-corrected chi connectivity index (χ0v) is 13.8. The van der Waals surface area contributed by atoms with Crippen molar-refractivity contribution in [3.05, 3.63) is 33.3 Å².